The highest BCUT2D eigenvalue weighted by atomic mass is 16.2. The molecule has 0 aromatic carbocycles. The average molecular weight is 286 g/mol. The highest BCUT2D eigenvalue weighted by Crippen LogP contribution is 2.12. The molecule has 2 aromatic heterocycles. The van der Waals surface area contributed by atoms with Crippen LogP contribution < -0.4 is 10.9 Å². The van der Waals surface area contributed by atoms with E-state index in [9.17, 15) is 9.59 Å². The Morgan fingerprint density at radius 1 is 1.43 bits per heavy atom. The molecule has 1 aliphatic rings. The van der Waals surface area contributed by atoms with Crippen molar-refractivity contribution >= 4 is 11.6 Å². The van der Waals surface area contributed by atoms with E-state index < -0.39 is 0 Å². The van der Waals surface area contributed by atoms with Gasteiger partial charge in [0.15, 0.2) is 0 Å². The largest absolute Gasteiger partial charge is 0.337 e. The monoisotopic (exact) mass is 286 g/mol. The van der Waals surface area contributed by atoms with Gasteiger partial charge in [-0.05, 0) is 32.0 Å². The van der Waals surface area contributed by atoms with Gasteiger partial charge in [-0.3, -0.25) is 14.0 Å². The Kier molecular flexibility index (Phi) is 3.70. The lowest BCUT2D eigenvalue weighted by Crippen LogP contribution is -2.48. The lowest BCUT2D eigenvalue weighted by Gasteiger charge is -2.32. The van der Waals surface area contributed by atoms with Gasteiger partial charge in [0.25, 0.3) is 11.5 Å². The van der Waals surface area contributed by atoms with Gasteiger partial charge in [-0.2, -0.15) is 0 Å². The fourth-order valence-electron chi connectivity index (χ4n) is 2.74. The third kappa shape index (κ3) is 2.54. The molecule has 6 heteroatoms. The van der Waals surface area contributed by atoms with E-state index in [-0.39, 0.29) is 17.0 Å². The summed E-state index contributed by atoms with van der Waals surface area (Å²) in [6.07, 6.45) is 5.02. The van der Waals surface area contributed by atoms with E-state index in [4.69, 9.17) is 0 Å². The SMILES string of the molecule is CNC1CCCN(C(=O)c2cnc3ccccn3c2=O)C1. The second-order valence-corrected chi connectivity index (χ2v) is 5.28. The zero-order valence-corrected chi connectivity index (χ0v) is 12.0. The summed E-state index contributed by atoms with van der Waals surface area (Å²) in [7, 11) is 1.89. The van der Waals surface area contributed by atoms with Crippen LogP contribution in [-0.4, -0.2) is 46.4 Å². The summed E-state index contributed by atoms with van der Waals surface area (Å²) in [5, 5.41) is 3.19. The number of hydrogen-bond acceptors (Lipinski definition) is 4. The average Bonchev–Trinajstić information content (AvgIpc) is 2.55. The van der Waals surface area contributed by atoms with Crippen LogP contribution >= 0.6 is 0 Å². The maximum absolute atomic E-state index is 12.6. The smallest absolute Gasteiger partial charge is 0.270 e. The zero-order chi connectivity index (χ0) is 14.8. The van der Waals surface area contributed by atoms with Crippen LogP contribution in [0.25, 0.3) is 5.65 Å². The summed E-state index contributed by atoms with van der Waals surface area (Å²) in [4.78, 5) is 30.9. The minimum absolute atomic E-state index is 0.135. The molecule has 0 spiro atoms. The number of carbonyl (C=O) groups is 1. The van der Waals surface area contributed by atoms with Gasteiger partial charge in [0.1, 0.15) is 11.2 Å². The van der Waals surface area contributed by atoms with Crippen LogP contribution in [0.4, 0.5) is 0 Å². The molecular weight excluding hydrogens is 268 g/mol. The van der Waals surface area contributed by atoms with Crippen LogP contribution in [0, 0.1) is 0 Å². The highest BCUT2D eigenvalue weighted by molar-refractivity contribution is 5.93. The first-order chi connectivity index (χ1) is 10.2. The predicted molar refractivity (Wildman–Crippen MR) is 79.4 cm³/mol. The van der Waals surface area contributed by atoms with Gasteiger partial charge in [-0.15, -0.1) is 0 Å². The van der Waals surface area contributed by atoms with Crippen LogP contribution in [0.3, 0.4) is 0 Å². The molecule has 1 atom stereocenters. The zero-order valence-electron chi connectivity index (χ0n) is 12.0. The van der Waals surface area contributed by atoms with E-state index in [0.29, 0.717) is 24.8 Å². The summed E-state index contributed by atoms with van der Waals surface area (Å²) in [5.74, 6) is -0.231. The van der Waals surface area contributed by atoms with Gasteiger partial charge in [-0.25, -0.2) is 4.98 Å². The molecule has 110 valence electrons. The van der Waals surface area contributed by atoms with Gasteiger partial charge < -0.3 is 10.2 Å². The lowest BCUT2D eigenvalue weighted by atomic mass is 10.1. The quantitative estimate of drug-likeness (QED) is 0.874. The van der Waals surface area contributed by atoms with E-state index in [1.165, 1.54) is 10.6 Å². The molecule has 0 saturated carbocycles. The van der Waals surface area contributed by atoms with E-state index >= 15 is 0 Å². The maximum atomic E-state index is 12.6. The molecule has 6 nitrogen and oxygen atoms in total. The van der Waals surface area contributed by atoms with E-state index in [1.807, 2.05) is 13.1 Å². The number of likely N-dealkylation sites (tertiary alicyclic amines) is 1. The molecule has 3 heterocycles. The summed E-state index contributed by atoms with van der Waals surface area (Å²) in [6, 6.07) is 5.60. The van der Waals surface area contributed by atoms with Crippen LogP contribution in [0.1, 0.15) is 23.2 Å². The van der Waals surface area contributed by atoms with Gasteiger partial charge in [0.05, 0.1) is 0 Å². The molecule has 3 rings (SSSR count). The van der Waals surface area contributed by atoms with Crippen LogP contribution in [-0.2, 0) is 0 Å². The molecule has 1 aliphatic heterocycles. The summed E-state index contributed by atoms with van der Waals surface area (Å²) >= 11 is 0. The molecule has 1 saturated heterocycles. The Bertz CT molecular complexity index is 725. The second kappa shape index (κ2) is 5.65. The molecule has 21 heavy (non-hydrogen) atoms. The third-order valence-corrected chi connectivity index (χ3v) is 3.96. The Hall–Kier alpha value is -2.21. The number of rotatable bonds is 2. The van der Waals surface area contributed by atoms with E-state index in [2.05, 4.69) is 10.3 Å². The van der Waals surface area contributed by atoms with Crippen molar-refractivity contribution < 1.29 is 4.79 Å². The molecule has 1 N–H and O–H groups in total. The highest BCUT2D eigenvalue weighted by Gasteiger charge is 2.25. The number of pyridine rings is 1. The van der Waals surface area contributed by atoms with Gasteiger partial charge in [-0.1, -0.05) is 6.07 Å². The molecule has 0 aliphatic carbocycles. The number of hydrogen-bond donors (Lipinski definition) is 1. The van der Waals surface area contributed by atoms with E-state index in [1.54, 1.807) is 23.2 Å². The molecule has 0 radical (unpaired) electrons. The number of amides is 1. The van der Waals surface area contributed by atoms with Gasteiger partial charge in [0, 0.05) is 31.5 Å². The molecule has 1 amide bonds. The number of nitrogens with zero attached hydrogens (tertiary/aromatic N) is 3. The first-order valence-electron chi connectivity index (χ1n) is 7.13. The van der Waals surface area contributed by atoms with Gasteiger partial charge >= 0.3 is 0 Å². The Morgan fingerprint density at radius 3 is 3.10 bits per heavy atom. The number of aromatic nitrogens is 2. The van der Waals surface area contributed by atoms with E-state index in [0.717, 1.165) is 12.8 Å². The van der Waals surface area contributed by atoms with Crippen LogP contribution in [0.5, 0.6) is 0 Å². The van der Waals surface area contributed by atoms with Crippen molar-refractivity contribution in [1.82, 2.24) is 19.6 Å². The molecule has 0 bridgehead atoms. The van der Waals surface area contributed by atoms with Gasteiger partial charge in [0.2, 0.25) is 0 Å². The molecule has 1 unspecified atom stereocenters. The summed E-state index contributed by atoms with van der Waals surface area (Å²) < 4.78 is 1.41. The standard InChI is InChI=1S/C15H18N4O2/c1-16-11-5-4-7-18(10-11)14(20)12-9-17-13-6-2-3-8-19(13)15(12)21/h2-3,6,8-9,11,16H,4-5,7,10H2,1H3. The fourth-order valence-corrected chi connectivity index (χ4v) is 2.74. The van der Waals surface area contributed by atoms with Crippen LogP contribution in [0.2, 0.25) is 0 Å². The number of likely N-dealkylation sites (N-methyl/N-ethyl adjacent to an activating group) is 1. The third-order valence-electron chi connectivity index (χ3n) is 3.96. The maximum Gasteiger partial charge on any atom is 0.270 e. The molecule has 1 fully saturated rings. The first kappa shape index (κ1) is 13.8. The molecular formula is C15H18N4O2. The second-order valence-electron chi connectivity index (χ2n) is 5.28. The predicted octanol–water partition coefficient (Wildman–Crippen LogP) is 0.518. The minimum atomic E-state index is -0.308. The van der Waals surface area contributed by atoms with Crippen molar-refractivity contribution in [3.05, 3.63) is 46.5 Å². The molecule has 2 aromatic rings. The van der Waals surface area contributed by atoms with Crippen LogP contribution in [0.15, 0.2) is 35.4 Å². The number of carbonyl (C=O) groups excluding carboxylic acids is 1. The first-order valence-corrected chi connectivity index (χ1v) is 7.13. The topological polar surface area (TPSA) is 66.7 Å². The fraction of sp³-hybridized carbons (Fsp3) is 0.400. The Morgan fingerprint density at radius 2 is 2.29 bits per heavy atom. The minimum Gasteiger partial charge on any atom is -0.337 e. The normalized spacial score (nSPS) is 18.9. The van der Waals surface area contributed by atoms with Crippen molar-refractivity contribution in [1.29, 1.82) is 0 Å². The number of fused-ring (bicyclic) bond motifs is 1. The number of piperidine rings is 1. The number of nitrogens with one attached hydrogen (secondary N) is 1. The summed E-state index contributed by atoms with van der Waals surface area (Å²) in [6.45, 7) is 1.32. The van der Waals surface area contributed by atoms with Crippen molar-refractivity contribution in [2.24, 2.45) is 0 Å². The van der Waals surface area contributed by atoms with Crippen molar-refractivity contribution in [2.75, 3.05) is 20.1 Å². The Balaban J connectivity index is 1.94. The lowest BCUT2D eigenvalue weighted by molar-refractivity contribution is 0.0695. The summed E-state index contributed by atoms with van der Waals surface area (Å²) in [5.41, 5.74) is 0.374. The Labute approximate surface area is 122 Å². The van der Waals surface area contributed by atoms with Crippen molar-refractivity contribution in [3.63, 3.8) is 0 Å². The van der Waals surface area contributed by atoms with Crippen molar-refractivity contribution in [2.45, 2.75) is 18.9 Å². The van der Waals surface area contributed by atoms with Crippen molar-refractivity contribution in [3.8, 4) is 0 Å².